The first kappa shape index (κ1) is 18.7. The smallest absolute Gasteiger partial charge is 0.272 e. The van der Waals surface area contributed by atoms with Crippen LogP contribution < -0.4 is 10.0 Å². The number of sulfonamides is 1. The van der Waals surface area contributed by atoms with E-state index in [4.69, 9.17) is 0 Å². The van der Waals surface area contributed by atoms with Crippen molar-refractivity contribution in [2.45, 2.75) is 13.0 Å². The average molecular weight is 384 g/mol. The van der Waals surface area contributed by atoms with Gasteiger partial charge in [-0.2, -0.15) is 5.10 Å². The lowest BCUT2D eigenvalue weighted by atomic mass is 10.1. The molecule has 0 spiro atoms. The number of nitrogens with one attached hydrogen (secondary N) is 2. The fraction of sp³-hybridized carbons (Fsp3) is 0.158. The molecule has 3 aromatic rings. The van der Waals surface area contributed by atoms with Gasteiger partial charge >= 0.3 is 0 Å². The molecule has 0 radical (unpaired) electrons. The molecule has 0 aliphatic carbocycles. The van der Waals surface area contributed by atoms with E-state index >= 15 is 0 Å². The Hall–Kier alpha value is -3.13. The SMILES string of the molecule is CC(NC(=O)c1ccn(-c2ccccc2)n1)c1cccc(NS(C)(=O)=O)c1. The van der Waals surface area contributed by atoms with Crippen LogP contribution in [-0.2, 0) is 10.0 Å². The van der Waals surface area contributed by atoms with Crippen molar-refractivity contribution in [2.24, 2.45) is 0 Å². The molecule has 27 heavy (non-hydrogen) atoms. The maximum Gasteiger partial charge on any atom is 0.272 e. The monoisotopic (exact) mass is 384 g/mol. The highest BCUT2D eigenvalue weighted by Gasteiger charge is 2.15. The van der Waals surface area contributed by atoms with Gasteiger partial charge < -0.3 is 5.32 Å². The van der Waals surface area contributed by atoms with Crippen LogP contribution in [0.15, 0.2) is 66.9 Å². The van der Waals surface area contributed by atoms with Gasteiger partial charge in [-0.1, -0.05) is 30.3 Å². The van der Waals surface area contributed by atoms with Gasteiger partial charge in [-0.15, -0.1) is 0 Å². The molecule has 2 N–H and O–H groups in total. The fourth-order valence-corrected chi connectivity index (χ4v) is 3.16. The number of nitrogens with zero attached hydrogens (tertiary/aromatic N) is 2. The second-order valence-corrected chi connectivity index (χ2v) is 7.92. The van der Waals surface area contributed by atoms with Gasteiger partial charge in [0.1, 0.15) is 0 Å². The summed E-state index contributed by atoms with van der Waals surface area (Å²) in [4.78, 5) is 12.5. The number of benzene rings is 2. The normalized spacial score (nSPS) is 12.4. The van der Waals surface area contributed by atoms with E-state index in [0.29, 0.717) is 11.4 Å². The van der Waals surface area contributed by atoms with Crippen LogP contribution in [0.4, 0.5) is 5.69 Å². The zero-order valence-electron chi connectivity index (χ0n) is 15.0. The lowest BCUT2D eigenvalue weighted by molar-refractivity contribution is 0.0934. The zero-order valence-corrected chi connectivity index (χ0v) is 15.8. The van der Waals surface area contributed by atoms with Gasteiger partial charge in [0.2, 0.25) is 10.0 Å². The summed E-state index contributed by atoms with van der Waals surface area (Å²) in [7, 11) is -3.36. The van der Waals surface area contributed by atoms with E-state index < -0.39 is 10.0 Å². The molecule has 1 aromatic heterocycles. The highest BCUT2D eigenvalue weighted by atomic mass is 32.2. The standard InChI is InChI=1S/C19H20N4O3S/c1-14(15-7-6-8-16(13-15)22-27(2,25)26)20-19(24)18-11-12-23(21-18)17-9-4-3-5-10-17/h3-14,22H,1-2H3,(H,20,24). The van der Waals surface area contributed by atoms with Crippen molar-refractivity contribution in [1.82, 2.24) is 15.1 Å². The molecule has 0 aliphatic rings. The van der Waals surface area contributed by atoms with E-state index in [-0.39, 0.29) is 11.9 Å². The Morgan fingerprint density at radius 2 is 1.81 bits per heavy atom. The molecule has 140 valence electrons. The first-order valence-corrected chi connectivity index (χ1v) is 10.2. The van der Waals surface area contributed by atoms with Gasteiger partial charge in [0.15, 0.2) is 5.69 Å². The van der Waals surface area contributed by atoms with Gasteiger partial charge in [0, 0.05) is 11.9 Å². The number of amides is 1. The molecule has 0 saturated carbocycles. The predicted octanol–water partition coefficient (Wildman–Crippen LogP) is 2.73. The summed E-state index contributed by atoms with van der Waals surface area (Å²) in [5.74, 6) is -0.307. The third-order valence-electron chi connectivity index (χ3n) is 3.88. The summed E-state index contributed by atoms with van der Waals surface area (Å²) in [6.45, 7) is 1.83. The summed E-state index contributed by atoms with van der Waals surface area (Å²) in [5, 5.41) is 7.18. The molecule has 1 heterocycles. The number of hydrogen-bond donors (Lipinski definition) is 2. The molecule has 8 heteroatoms. The van der Waals surface area contributed by atoms with Crippen LogP contribution >= 0.6 is 0 Å². The third kappa shape index (κ3) is 4.95. The van der Waals surface area contributed by atoms with E-state index in [1.807, 2.05) is 43.3 Å². The summed E-state index contributed by atoms with van der Waals surface area (Å²) in [5.41, 5.74) is 2.39. The average Bonchev–Trinajstić information content (AvgIpc) is 3.11. The Morgan fingerprint density at radius 1 is 1.07 bits per heavy atom. The van der Waals surface area contributed by atoms with Gasteiger partial charge in [0.25, 0.3) is 5.91 Å². The van der Waals surface area contributed by atoms with Crippen LogP contribution in [-0.4, -0.2) is 30.4 Å². The molecule has 7 nitrogen and oxygen atoms in total. The Kier molecular flexibility index (Phi) is 5.27. The summed E-state index contributed by atoms with van der Waals surface area (Å²) in [6.07, 6.45) is 2.82. The quantitative estimate of drug-likeness (QED) is 0.683. The molecule has 3 rings (SSSR count). The maximum absolute atomic E-state index is 12.5. The number of hydrogen-bond acceptors (Lipinski definition) is 4. The number of anilines is 1. The number of rotatable bonds is 6. The molecule has 1 unspecified atom stereocenters. The van der Waals surface area contributed by atoms with Gasteiger partial charge in [-0.3, -0.25) is 9.52 Å². The molecular weight excluding hydrogens is 364 g/mol. The van der Waals surface area contributed by atoms with Crippen LogP contribution in [0.2, 0.25) is 0 Å². The van der Waals surface area contributed by atoms with Crippen molar-refractivity contribution in [3.05, 3.63) is 78.1 Å². The molecule has 0 fully saturated rings. The largest absolute Gasteiger partial charge is 0.344 e. The maximum atomic E-state index is 12.5. The van der Waals surface area contributed by atoms with Crippen molar-refractivity contribution in [1.29, 1.82) is 0 Å². The second kappa shape index (κ2) is 7.63. The minimum absolute atomic E-state index is 0.302. The first-order chi connectivity index (χ1) is 12.8. The highest BCUT2D eigenvalue weighted by molar-refractivity contribution is 7.92. The van der Waals surface area contributed by atoms with E-state index in [0.717, 1.165) is 17.5 Å². The van der Waals surface area contributed by atoms with Crippen molar-refractivity contribution >= 4 is 21.6 Å². The third-order valence-corrected chi connectivity index (χ3v) is 4.49. The molecule has 1 amide bonds. The first-order valence-electron chi connectivity index (χ1n) is 8.31. The molecule has 2 aromatic carbocycles. The number of para-hydroxylation sites is 1. The summed E-state index contributed by atoms with van der Waals surface area (Å²) >= 11 is 0. The van der Waals surface area contributed by atoms with Crippen molar-refractivity contribution in [3.8, 4) is 5.69 Å². The van der Waals surface area contributed by atoms with Crippen molar-refractivity contribution < 1.29 is 13.2 Å². The minimum Gasteiger partial charge on any atom is -0.344 e. The molecule has 0 saturated heterocycles. The van der Waals surface area contributed by atoms with Crippen LogP contribution in [0.5, 0.6) is 0 Å². The second-order valence-electron chi connectivity index (χ2n) is 6.18. The summed E-state index contributed by atoms with van der Waals surface area (Å²) in [6, 6.07) is 17.7. The minimum atomic E-state index is -3.36. The van der Waals surface area contributed by atoms with Gasteiger partial charge in [0.05, 0.1) is 18.0 Å². The van der Waals surface area contributed by atoms with Crippen LogP contribution in [0.3, 0.4) is 0 Å². The Labute approximate surface area is 158 Å². The van der Waals surface area contributed by atoms with Crippen LogP contribution in [0.1, 0.15) is 29.0 Å². The van der Waals surface area contributed by atoms with Gasteiger partial charge in [-0.25, -0.2) is 13.1 Å². The predicted molar refractivity (Wildman–Crippen MR) is 104 cm³/mol. The van der Waals surface area contributed by atoms with Crippen molar-refractivity contribution in [3.63, 3.8) is 0 Å². The lowest BCUT2D eigenvalue weighted by Gasteiger charge is -2.15. The van der Waals surface area contributed by atoms with E-state index in [2.05, 4.69) is 15.1 Å². The van der Waals surface area contributed by atoms with Gasteiger partial charge in [-0.05, 0) is 42.8 Å². The highest BCUT2D eigenvalue weighted by Crippen LogP contribution is 2.18. The molecule has 1 atom stereocenters. The zero-order chi connectivity index (χ0) is 19.4. The number of carbonyl (C=O) groups is 1. The van der Waals surface area contributed by atoms with Crippen LogP contribution in [0.25, 0.3) is 5.69 Å². The molecular formula is C19H20N4O3S. The fourth-order valence-electron chi connectivity index (χ4n) is 2.61. The number of aromatic nitrogens is 2. The van der Waals surface area contributed by atoms with Crippen LogP contribution in [0, 0.1) is 0 Å². The molecule has 0 aliphatic heterocycles. The van der Waals surface area contributed by atoms with E-state index in [1.54, 1.807) is 35.1 Å². The van der Waals surface area contributed by atoms with E-state index in [9.17, 15) is 13.2 Å². The Morgan fingerprint density at radius 3 is 2.52 bits per heavy atom. The Bertz CT molecular complexity index is 1050. The summed E-state index contributed by atoms with van der Waals surface area (Å²) < 4.78 is 26.8. The topological polar surface area (TPSA) is 93.1 Å². The Balaban J connectivity index is 1.71. The van der Waals surface area contributed by atoms with E-state index in [1.165, 1.54) is 0 Å². The van der Waals surface area contributed by atoms with Crippen molar-refractivity contribution in [2.75, 3.05) is 11.0 Å². The molecule has 0 bridgehead atoms. The number of carbonyl (C=O) groups excluding carboxylic acids is 1. The lowest BCUT2D eigenvalue weighted by Crippen LogP contribution is -2.27.